The second kappa shape index (κ2) is 8.91. The first-order valence-corrected chi connectivity index (χ1v) is 10.2. The molecule has 0 aliphatic carbocycles. The Bertz CT molecular complexity index is 851. The molecule has 0 bridgehead atoms. The molecule has 0 aliphatic rings. The van der Waals surface area contributed by atoms with E-state index in [4.69, 9.17) is 0 Å². The fourth-order valence-corrected chi connectivity index (χ4v) is 3.32. The Morgan fingerprint density at radius 2 is 1.73 bits per heavy atom. The summed E-state index contributed by atoms with van der Waals surface area (Å²) in [5.41, 5.74) is 2.20. The van der Waals surface area contributed by atoms with E-state index in [0.29, 0.717) is 11.3 Å². The molecule has 2 rings (SSSR count). The highest BCUT2D eigenvalue weighted by molar-refractivity contribution is 7.88. The highest BCUT2D eigenvalue weighted by Crippen LogP contribution is 2.11. The Hall–Kier alpha value is -2.25. The maximum atomic E-state index is 13.7. The van der Waals surface area contributed by atoms with Gasteiger partial charge in [0, 0.05) is 25.2 Å². The minimum absolute atomic E-state index is 0.0260. The average Bonchev–Trinajstić information content (AvgIpc) is 2.57. The number of nitrogens with zero attached hydrogens (tertiary/aromatic N) is 1. The van der Waals surface area contributed by atoms with Crippen molar-refractivity contribution in [2.75, 3.05) is 24.7 Å². The lowest BCUT2D eigenvalue weighted by molar-refractivity contribution is -0.116. The second-order valence-electron chi connectivity index (χ2n) is 6.17. The molecule has 0 saturated heterocycles. The number of carbonyl (C=O) groups is 1. The van der Waals surface area contributed by atoms with Gasteiger partial charge >= 0.3 is 0 Å². The number of hydrogen-bond acceptors (Lipinski definition) is 3. The first-order valence-electron chi connectivity index (χ1n) is 8.31. The van der Waals surface area contributed by atoms with Gasteiger partial charge in [-0.25, -0.2) is 17.1 Å². The highest BCUT2D eigenvalue weighted by Gasteiger charge is 2.18. The molecular formula is C19H23FN2O3S. The van der Waals surface area contributed by atoms with E-state index >= 15 is 0 Å². The quantitative estimate of drug-likeness (QED) is 0.768. The summed E-state index contributed by atoms with van der Waals surface area (Å²) < 4.78 is 38.8. The van der Waals surface area contributed by atoms with Gasteiger partial charge in [0.05, 0.1) is 6.26 Å². The van der Waals surface area contributed by atoms with Crippen molar-refractivity contribution in [3.63, 3.8) is 0 Å². The Balaban J connectivity index is 1.92. The van der Waals surface area contributed by atoms with Gasteiger partial charge in [-0.3, -0.25) is 4.79 Å². The van der Waals surface area contributed by atoms with Crippen molar-refractivity contribution >= 4 is 21.6 Å². The Kier molecular flexibility index (Phi) is 6.88. The van der Waals surface area contributed by atoms with Gasteiger partial charge in [0.15, 0.2) is 0 Å². The van der Waals surface area contributed by atoms with Gasteiger partial charge in [-0.2, -0.15) is 0 Å². The fourth-order valence-electron chi connectivity index (χ4n) is 2.48. The van der Waals surface area contributed by atoms with Crippen LogP contribution in [-0.2, 0) is 21.2 Å². The minimum Gasteiger partial charge on any atom is -0.326 e. The third-order valence-corrected chi connectivity index (χ3v) is 5.28. The highest BCUT2D eigenvalue weighted by atomic mass is 32.2. The maximum Gasteiger partial charge on any atom is 0.225 e. The molecule has 26 heavy (non-hydrogen) atoms. The number of halogens is 1. The van der Waals surface area contributed by atoms with E-state index in [-0.39, 0.29) is 37.7 Å². The molecule has 0 saturated carbocycles. The Morgan fingerprint density at radius 1 is 1.08 bits per heavy atom. The summed E-state index contributed by atoms with van der Waals surface area (Å²) in [6.07, 6.45) is 1.36. The van der Waals surface area contributed by atoms with E-state index in [1.165, 1.54) is 10.4 Å². The zero-order valence-electron chi connectivity index (χ0n) is 14.9. The zero-order chi connectivity index (χ0) is 19.2. The van der Waals surface area contributed by atoms with Gasteiger partial charge in [0.25, 0.3) is 0 Å². The van der Waals surface area contributed by atoms with Crippen molar-refractivity contribution in [2.45, 2.75) is 19.8 Å². The van der Waals surface area contributed by atoms with Crippen LogP contribution in [0, 0.1) is 12.7 Å². The van der Waals surface area contributed by atoms with Crippen molar-refractivity contribution in [1.29, 1.82) is 0 Å². The summed E-state index contributed by atoms with van der Waals surface area (Å²) in [7, 11) is -3.49. The lowest BCUT2D eigenvalue weighted by Crippen LogP contribution is -2.34. The van der Waals surface area contributed by atoms with Crippen LogP contribution < -0.4 is 5.32 Å². The minimum atomic E-state index is -3.49. The van der Waals surface area contributed by atoms with E-state index in [9.17, 15) is 17.6 Å². The zero-order valence-corrected chi connectivity index (χ0v) is 15.7. The van der Waals surface area contributed by atoms with Crippen molar-refractivity contribution in [3.05, 3.63) is 65.5 Å². The molecule has 0 fully saturated rings. The molecule has 1 N–H and O–H groups in total. The smallest absolute Gasteiger partial charge is 0.225 e. The van der Waals surface area contributed by atoms with Gasteiger partial charge in [-0.15, -0.1) is 0 Å². The van der Waals surface area contributed by atoms with Crippen LogP contribution in [0.2, 0.25) is 0 Å². The molecule has 0 atom stereocenters. The van der Waals surface area contributed by atoms with Crippen LogP contribution >= 0.6 is 0 Å². The molecule has 140 valence electrons. The number of rotatable bonds is 8. The number of amides is 1. The number of nitrogens with one attached hydrogen (secondary N) is 1. The number of anilines is 1. The summed E-state index contributed by atoms with van der Waals surface area (Å²) >= 11 is 0. The van der Waals surface area contributed by atoms with Gasteiger partial charge in [-0.1, -0.05) is 35.9 Å². The standard InChI is InChI=1S/C19H23FN2O3S/c1-15-7-9-17(10-8-15)21-19(23)12-14-22(26(2,24)25)13-11-16-5-3-4-6-18(16)20/h3-10H,11-14H2,1-2H3,(H,21,23). The molecule has 0 aromatic heterocycles. The molecule has 5 nitrogen and oxygen atoms in total. The van der Waals surface area contributed by atoms with Gasteiger partial charge in [0.1, 0.15) is 5.82 Å². The van der Waals surface area contributed by atoms with Gasteiger partial charge in [-0.05, 0) is 37.1 Å². The van der Waals surface area contributed by atoms with Crippen molar-refractivity contribution in [2.24, 2.45) is 0 Å². The van der Waals surface area contributed by atoms with Crippen molar-refractivity contribution in [1.82, 2.24) is 4.31 Å². The Labute approximate surface area is 153 Å². The normalized spacial score (nSPS) is 11.5. The predicted octanol–water partition coefficient (Wildman–Crippen LogP) is 2.97. The lowest BCUT2D eigenvalue weighted by Gasteiger charge is -2.20. The molecular weight excluding hydrogens is 355 g/mol. The van der Waals surface area contributed by atoms with Crippen molar-refractivity contribution < 1.29 is 17.6 Å². The average molecular weight is 378 g/mol. The molecule has 7 heteroatoms. The van der Waals surface area contributed by atoms with Crippen LogP contribution in [-0.4, -0.2) is 38.0 Å². The number of benzene rings is 2. The number of sulfonamides is 1. The second-order valence-corrected chi connectivity index (χ2v) is 8.15. The van der Waals surface area contributed by atoms with E-state index in [1.807, 2.05) is 19.1 Å². The number of aryl methyl sites for hydroxylation is 1. The maximum absolute atomic E-state index is 13.7. The number of hydrogen-bond donors (Lipinski definition) is 1. The number of carbonyl (C=O) groups excluding carboxylic acids is 1. The molecule has 0 unspecified atom stereocenters. The van der Waals surface area contributed by atoms with Crippen LogP contribution in [0.3, 0.4) is 0 Å². The van der Waals surface area contributed by atoms with E-state index in [0.717, 1.165) is 11.8 Å². The summed E-state index contributed by atoms with van der Waals surface area (Å²) in [6, 6.07) is 13.6. The van der Waals surface area contributed by atoms with Gasteiger partial charge < -0.3 is 5.32 Å². The van der Waals surface area contributed by atoms with Crippen LogP contribution in [0.15, 0.2) is 48.5 Å². The third kappa shape index (κ3) is 6.24. The van der Waals surface area contributed by atoms with Crippen LogP contribution in [0.5, 0.6) is 0 Å². The van der Waals surface area contributed by atoms with E-state index in [1.54, 1.807) is 30.3 Å². The molecule has 2 aromatic rings. The molecule has 0 radical (unpaired) electrons. The lowest BCUT2D eigenvalue weighted by atomic mass is 10.1. The molecule has 0 spiro atoms. The van der Waals surface area contributed by atoms with Crippen LogP contribution in [0.25, 0.3) is 0 Å². The summed E-state index contributed by atoms with van der Waals surface area (Å²) in [5.74, 6) is -0.633. The largest absolute Gasteiger partial charge is 0.326 e. The summed E-state index contributed by atoms with van der Waals surface area (Å²) in [6.45, 7) is 2.12. The van der Waals surface area contributed by atoms with E-state index in [2.05, 4.69) is 5.32 Å². The predicted molar refractivity (Wildman–Crippen MR) is 101 cm³/mol. The molecule has 0 aliphatic heterocycles. The molecule has 2 aromatic carbocycles. The van der Waals surface area contributed by atoms with Crippen LogP contribution in [0.1, 0.15) is 17.5 Å². The Morgan fingerprint density at radius 3 is 2.35 bits per heavy atom. The SMILES string of the molecule is Cc1ccc(NC(=O)CCN(CCc2ccccc2F)S(C)(=O)=O)cc1. The molecule has 0 heterocycles. The monoisotopic (exact) mass is 378 g/mol. The topological polar surface area (TPSA) is 66.5 Å². The summed E-state index contributed by atoms with van der Waals surface area (Å²) in [5, 5.41) is 2.74. The van der Waals surface area contributed by atoms with E-state index < -0.39 is 10.0 Å². The fraction of sp³-hybridized carbons (Fsp3) is 0.316. The van der Waals surface area contributed by atoms with Gasteiger partial charge in [0.2, 0.25) is 15.9 Å². The third-order valence-electron chi connectivity index (χ3n) is 3.98. The molecule has 1 amide bonds. The van der Waals surface area contributed by atoms with Crippen LogP contribution in [0.4, 0.5) is 10.1 Å². The summed E-state index contributed by atoms with van der Waals surface area (Å²) in [4.78, 5) is 12.1. The van der Waals surface area contributed by atoms with Crippen molar-refractivity contribution in [3.8, 4) is 0 Å². The first-order chi connectivity index (χ1) is 12.3. The first kappa shape index (κ1) is 20.1.